The number of carboxylic acids is 2. The molecule has 0 fully saturated rings. The number of carbonyl (C=O) groups excluding carboxylic acids is 1. The number of amides is 1. The van der Waals surface area contributed by atoms with Gasteiger partial charge in [0.2, 0.25) is 0 Å². The molecule has 0 saturated carbocycles. The smallest absolute Gasteiger partial charge is 0.328 e. The Bertz CT molecular complexity index is 1200. The minimum absolute atomic E-state index is 0.149. The number of imidazole rings is 1. The number of carbonyl (C=O) groups is 3. The summed E-state index contributed by atoms with van der Waals surface area (Å²) in [5.41, 5.74) is 6.79. The van der Waals surface area contributed by atoms with Gasteiger partial charge in [0.15, 0.2) is 0 Å². The molecule has 9 nitrogen and oxygen atoms in total. The molecular formula is C22H22N4O5. The third kappa shape index (κ3) is 3.81. The highest BCUT2D eigenvalue weighted by atomic mass is 16.4. The molecule has 31 heavy (non-hydrogen) atoms. The lowest BCUT2D eigenvalue weighted by Gasteiger charge is -2.27. The number of rotatable bonds is 4. The van der Waals surface area contributed by atoms with Crippen molar-refractivity contribution in [3.05, 3.63) is 64.9 Å². The molecule has 160 valence electrons. The molecule has 1 aromatic carbocycles. The van der Waals surface area contributed by atoms with Crippen LogP contribution in [0.25, 0.3) is 10.9 Å². The van der Waals surface area contributed by atoms with Crippen LogP contribution in [-0.2, 0) is 35.5 Å². The molecule has 2 aliphatic heterocycles. The normalized spacial score (nSPS) is 14.6. The molecule has 1 amide bonds. The number of aromatic amines is 1. The number of nitrogens with zero attached hydrogens (tertiary/aromatic N) is 3. The van der Waals surface area contributed by atoms with Crippen LogP contribution in [0.2, 0.25) is 0 Å². The van der Waals surface area contributed by atoms with Gasteiger partial charge in [-0.05, 0) is 18.9 Å². The van der Waals surface area contributed by atoms with E-state index in [4.69, 9.17) is 10.2 Å². The number of nitrogens with one attached hydrogen (secondary N) is 1. The lowest BCUT2D eigenvalue weighted by Crippen LogP contribution is -2.37. The molecule has 9 heteroatoms. The maximum Gasteiger partial charge on any atom is 0.328 e. The molecule has 0 unspecified atom stereocenters. The first kappa shape index (κ1) is 20.4. The van der Waals surface area contributed by atoms with Crippen molar-refractivity contribution in [2.45, 2.75) is 32.9 Å². The van der Waals surface area contributed by atoms with Crippen LogP contribution in [0.1, 0.15) is 33.0 Å². The third-order valence-electron chi connectivity index (χ3n) is 5.64. The van der Waals surface area contributed by atoms with Crippen molar-refractivity contribution < 1.29 is 24.6 Å². The van der Waals surface area contributed by atoms with Gasteiger partial charge in [-0.1, -0.05) is 18.2 Å². The third-order valence-corrected chi connectivity index (χ3v) is 5.64. The number of hydrogen-bond acceptors (Lipinski definition) is 4. The fourth-order valence-electron chi connectivity index (χ4n) is 4.24. The minimum atomic E-state index is -1.26. The first-order chi connectivity index (χ1) is 14.9. The van der Waals surface area contributed by atoms with Crippen molar-refractivity contribution in [3.63, 3.8) is 0 Å². The van der Waals surface area contributed by atoms with Crippen molar-refractivity contribution in [1.29, 1.82) is 0 Å². The summed E-state index contributed by atoms with van der Waals surface area (Å²) in [6.45, 7) is 4.36. The molecule has 0 bridgehead atoms. The van der Waals surface area contributed by atoms with E-state index in [0.717, 1.165) is 48.3 Å². The Morgan fingerprint density at radius 1 is 1.16 bits per heavy atom. The molecular weight excluding hydrogens is 400 g/mol. The second-order valence-corrected chi connectivity index (χ2v) is 7.50. The molecule has 0 saturated heterocycles. The molecule has 3 N–H and O–H groups in total. The lowest BCUT2D eigenvalue weighted by atomic mass is 10.0. The van der Waals surface area contributed by atoms with E-state index in [2.05, 4.69) is 32.7 Å². The summed E-state index contributed by atoms with van der Waals surface area (Å²) in [7, 11) is 0. The Kier molecular flexibility index (Phi) is 5.33. The number of aryl methyl sites for hydroxylation is 3. The standard InChI is InChI=1S/C18H18N4O.C4H4O4/c1-11-14(20-10-19-11)9-21-7-6-15-16(18(21)23)13-4-2-3-12-5-8-22(15)17(12)13;5-3(6)1-2-4(7)8/h2-4,10H,5-9H2,1H3,(H,19,20);1-2H,(H,5,6)(H,7,8)/b;2-1-. The average Bonchev–Trinajstić information content (AvgIpc) is 3.43. The number of hydrogen-bond donors (Lipinski definition) is 3. The van der Waals surface area contributed by atoms with Gasteiger partial charge in [0.1, 0.15) is 0 Å². The van der Waals surface area contributed by atoms with Crippen LogP contribution >= 0.6 is 0 Å². The molecule has 2 aliphatic rings. The molecule has 4 heterocycles. The van der Waals surface area contributed by atoms with Gasteiger partial charge in [-0.15, -0.1) is 0 Å². The molecule has 0 aliphatic carbocycles. The second kappa shape index (κ2) is 8.10. The van der Waals surface area contributed by atoms with Crippen LogP contribution in [0.5, 0.6) is 0 Å². The molecule has 2 aromatic heterocycles. The topological polar surface area (TPSA) is 129 Å². The lowest BCUT2D eigenvalue weighted by molar-refractivity contribution is -0.134. The predicted octanol–water partition coefficient (Wildman–Crippen LogP) is 2.14. The van der Waals surface area contributed by atoms with Crippen molar-refractivity contribution >= 4 is 28.7 Å². The van der Waals surface area contributed by atoms with E-state index < -0.39 is 11.9 Å². The highest BCUT2D eigenvalue weighted by Crippen LogP contribution is 2.36. The number of carboxylic acid groups (broad SMARTS) is 2. The number of aromatic nitrogens is 3. The Morgan fingerprint density at radius 2 is 1.90 bits per heavy atom. The van der Waals surface area contributed by atoms with Gasteiger partial charge in [-0.25, -0.2) is 14.6 Å². The summed E-state index contributed by atoms with van der Waals surface area (Å²) in [5.74, 6) is -2.36. The van der Waals surface area contributed by atoms with Gasteiger partial charge in [0.05, 0.1) is 29.6 Å². The zero-order valence-corrected chi connectivity index (χ0v) is 17.0. The summed E-state index contributed by atoms with van der Waals surface area (Å²) < 4.78 is 2.37. The fourth-order valence-corrected chi connectivity index (χ4v) is 4.24. The van der Waals surface area contributed by atoms with Crippen LogP contribution in [-0.4, -0.2) is 54.0 Å². The summed E-state index contributed by atoms with van der Waals surface area (Å²) in [6, 6.07) is 6.37. The zero-order valence-electron chi connectivity index (χ0n) is 17.0. The van der Waals surface area contributed by atoms with Crippen molar-refractivity contribution in [2.75, 3.05) is 6.54 Å². The maximum absolute atomic E-state index is 13.1. The molecule has 3 aromatic rings. The molecule has 0 atom stereocenters. The highest BCUT2D eigenvalue weighted by molar-refractivity contribution is 6.10. The van der Waals surface area contributed by atoms with Crippen LogP contribution in [0.15, 0.2) is 36.7 Å². The van der Waals surface area contributed by atoms with E-state index in [1.54, 1.807) is 6.33 Å². The largest absolute Gasteiger partial charge is 0.478 e. The van der Waals surface area contributed by atoms with Gasteiger partial charge in [-0.3, -0.25) is 4.79 Å². The van der Waals surface area contributed by atoms with Crippen molar-refractivity contribution in [1.82, 2.24) is 19.4 Å². The molecule has 0 spiro atoms. The zero-order chi connectivity index (χ0) is 22.1. The van der Waals surface area contributed by atoms with Gasteiger partial charge in [-0.2, -0.15) is 0 Å². The number of para-hydroxylation sites is 1. The molecule has 5 rings (SSSR count). The number of H-pyrrole nitrogens is 1. The minimum Gasteiger partial charge on any atom is -0.478 e. The first-order valence-corrected chi connectivity index (χ1v) is 9.91. The quantitative estimate of drug-likeness (QED) is 0.553. The Labute approximate surface area is 177 Å². The van der Waals surface area contributed by atoms with E-state index in [-0.39, 0.29) is 5.91 Å². The fraction of sp³-hybridized carbons (Fsp3) is 0.273. The summed E-state index contributed by atoms with van der Waals surface area (Å²) >= 11 is 0. The van der Waals surface area contributed by atoms with Crippen molar-refractivity contribution in [3.8, 4) is 0 Å². The second-order valence-electron chi connectivity index (χ2n) is 7.50. The van der Waals surface area contributed by atoms with Gasteiger partial charge >= 0.3 is 11.9 Å². The van der Waals surface area contributed by atoms with Crippen LogP contribution in [0.4, 0.5) is 0 Å². The highest BCUT2D eigenvalue weighted by Gasteiger charge is 2.33. The van der Waals surface area contributed by atoms with E-state index >= 15 is 0 Å². The maximum atomic E-state index is 13.1. The van der Waals surface area contributed by atoms with E-state index in [0.29, 0.717) is 18.7 Å². The number of fused-ring (bicyclic) bond motifs is 3. The van der Waals surface area contributed by atoms with Gasteiger partial charge in [0, 0.05) is 48.4 Å². The Morgan fingerprint density at radius 3 is 2.55 bits per heavy atom. The van der Waals surface area contributed by atoms with Crippen molar-refractivity contribution in [2.24, 2.45) is 0 Å². The van der Waals surface area contributed by atoms with E-state index in [1.165, 1.54) is 16.8 Å². The van der Waals surface area contributed by atoms with Gasteiger partial charge in [0.25, 0.3) is 5.91 Å². The molecule has 0 radical (unpaired) electrons. The SMILES string of the molecule is Cc1[nH]cnc1CN1CCc2c(c3cccc4c3n2CC4)C1=O.O=C(O)/C=C\C(=O)O. The average molecular weight is 422 g/mol. The predicted molar refractivity (Wildman–Crippen MR) is 112 cm³/mol. The Hall–Kier alpha value is -3.88. The summed E-state index contributed by atoms with van der Waals surface area (Å²) in [4.78, 5) is 41.6. The van der Waals surface area contributed by atoms with Crippen LogP contribution in [0, 0.1) is 6.92 Å². The number of benzene rings is 1. The number of aliphatic carboxylic acids is 2. The monoisotopic (exact) mass is 422 g/mol. The first-order valence-electron chi connectivity index (χ1n) is 9.91. The Balaban J connectivity index is 0.000000250. The van der Waals surface area contributed by atoms with E-state index in [1.807, 2.05) is 11.8 Å². The van der Waals surface area contributed by atoms with Crippen LogP contribution < -0.4 is 0 Å². The van der Waals surface area contributed by atoms with Crippen LogP contribution in [0.3, 0.4) is 0 Å². The van der Waals surface area contributed by atoms with Gasteiger partial charge < -0.3 is 24.7 Å². The summed E-state index contributed by atoms with van der Waals surface area (Å²) in [5, 5.41) is 16.8. The van der Waals surface area contributed by atoms with E-state index in [9.17, 15) is 14.4 Å². The summed E-state index contributed by atoms with van der Waals surface area (Å²) in [6.07, 6.45) is 4.83.